The van der Waals surface area contributed by atoms with Crippen molar-refractivity contribution >= 4 is 40.4 Å². The van der Waals surface area contributed by atoms with Crippen molar-refractivity contribution in [3.05, 3.63) is 63.6 Å². The maximum Gasteiger partial charge on any atom is 0.119 e. The van der Waals surface area contributed by atoms with Crippen LogP contribution < -0.4 is 4.74 Å². The van der Waals surface area contributed by atoms with E-state index < -0.39 is 0 Å². The summed E-state index contributed by atoms with van der Waals surface area (Å²) in [5.74, 6) is 1.61. The Bertz CT molecular complexity index is 740. The van der Waals surface area contributed by atoms with Crippen molar-refractivity contribution in [1.82, 2.24) is 4.90 Å². The van der Waals surface area contributed by atoms with E-state index in [2.05, 4.69) is 11.8 Å². The second-order valence-corrected chi connectivity index (χ2v) is 7.74. The Labute approximate surface area is 164 Å². The molecule has 0 radical (unpaired) electrons. The zero-order chi connectivity index (χ0) is 17.8. The molecule has 1 fully saturated rings. The van der Waals surface area contributed by atoms with Crippen LogP contribution in [0.15, 0.2) is 42.5 Å². The first-order chi connectivity index (χ1) is 12.0. The highest BCUT2D eigenvalue weighted by molar-refractivity contribution is 7.80. The van der Waals surface area contributed by atoms with E-state index >= 15 is 0 Å². The van der Waals surface area contributed by atoms with Gasteiger partial charge in [0.25, 0.3) is 0 Å². The summed E-state index contributed by atoms with van der Waals surface area (Å²) in [4.78, 5) is 3.24. The quantitative estimate of drug-likeness (QED) is 0.592. The third-order valence-electron chi connectivity index (χ3n) is 4.56. The molecular formula is C20H21Cl2NOS. The van der Waals surface area contributed by atoms with E-state index in [0.29, 0.717) is 16.7 Å². The van der Waals surface area contributed by atoms with E-state index in [9.17, 15) is 0 Å². The zero-order valence-corrected chi connectivity index (χ0v) is 16.5. The minimum absolute atomic E-state index is 0.449. The first-order valence-electron chi connectivity index (χ1n) is 8.49. The number of rotatable bonds is 4. The van der Waals surface area contributed by atoms with E-state index in [-0.39, 0.29) is 0 Å². The van der Waals surface area contributed by atoms with Crippen molar-refractivity contribution < 1.29 is 4.74 Å². The Morgan fingerprint density at radius 2 is 1.76 bits per heavy atom. The number of thiocarbonyl (C=S) groups is 1. The zero-order valence-electron chi connectivity index (χ0n) is 14.2. The lowest BCUT2D eigenvalue weighted by molar-refractivity contribution is 0.284. The van der Waals surface area contributed by atoms with Gasteiger partial charge in [0.2, 0.25) is 0 Å². The second kappa shape index (κ2) is 8.39. The summed E-state index contributed by atoms with van der Waals surface area (Å²) in [5.41, 5.74) is 2.06. The lowest BCUT2D eigenvalue weighted by Crippen LogP contribution is -2.37. The summed E-state index contributed by atoms with van der Waals surface area (Å²) < 4.78 is 5.82. The third kappa shape index (κ3) is 4.87. The minimum Gasteiger partial charge on any atom is -0.489 e. The molecular weight excluding hydrogens is 373 g/mol. The van der Waals surface area contributed by atoms with E-state index in [1.807, 2.05) is 36.4 Å². The van der Waals surface area contributed by atoms with Gasteiger partial charge in [0.15, 0.2) is 0 Å². The van der Waals surface area contributed by atoms with Crippen LogP contribution in [0.25, 0.3) is 0 Å². The third-order valence-corrected chi connectivity index (χ3v) is 5.79. The summed E-state index contributed by atoms with van der Waals surface area (Å²) in [7, 11) is 0. The smallest absolute Gasteiger partial charge is 0.119 e. The number of piperidine rings is 1. The molecule has 0 saturated carbocycles. The number of ether oxygens (including phenoxy) is 1. The van der Waals surface area contributed by atoms with Gasteiger partial charge in [-0.2, -0.15) is 0 Å². The Morgan fingerprint density at radius 1 is 1.08 bits per heavy atom. The highest BCUT2D eigenvalue weighted by Gasteiger charge is 2.18. The van der Waals surface area contributed by atoms with Crippen molar-refractivity contribution in [3.63, 3.8) is 0 Å². The molecule has 2 aromatic carbocycles. The highest BCUT2D eigenvalue weighted by atomic mass is 35.5. The number of likely N-dealkylation sites (tertiary alicyclic amines) is 1. The van der Waals surface area contributed by atoms with Crippen LogP contribution in [0.2, 0.25) is 10.0 Å². The van der Waals surface area contributed by atoms with Gasteiger partial charge in [-0.25, -0.2) is 0 Å². The Kier molecular flexibility index (Phi) is 6.21. The monoisotopic (exact) mass is 393 g/mol. The van der Waals surface area contributed by atoms with Crippen LogP contribution in [-0.4, -0.2) is 23.0 Å². The van der Waals surface area contributed by atoms with Crippen LogP contribution in [0, 0.1) is 5.92 Å². The van der Waals surface area contributed by atoms with Gasteiger partial charge in [-0.1, -0.05) is 48.4 Å². The predicted molar refractivity (Wildman–Crippen MR) is 109 cm³/mol. The first kappa shape index (κ1) is 18.5. The van der Waals surface area contributed by atoms with Gasteiger partial charge in [-0.15, -0.1) is 0 Å². The molecule has 0 aliphatic carbocycles. The van der Waals surface area contributed by atoms with Crippen molar-refractivity contribution in [2.45, 2.75) is 26.4 Å². The fourth-order valence-electron chi connectivity index (χ4n) is 2.88. The number of halogens is 2. The van der Waals surface area contributed by atoms with Crippen molar-refractivity contribution in [1.29, 1.82) is 0 Å². The molecule has 0 spiro atoms. The SMILES string of the molecule is CC1CCN(C(=S)c2ccc(OCc3ccc(Cl)c(Cl)c3)cc2)CC1. The molecule has 132 valence electrons. The van der Waals surface area contributed by atoms with Gasteiger partial charge >= 0.3 is 0 Å². The van der Waals surface area contributed by atoms with Gasteiger partial charge in [-0.05, 0) is 60.7 Å². The van der Waals surface area contributed by atoms with Crippen LogP contribution in [-0.2, 0) is 6.61 Å². The predicted octanol–water partition coefficient (Wildman–Crippen LogP) is 5.98. The molecule has 2 nitrogen and oxygen atoms in total. The van der Waals surface area contributed by atoms with Crippen LogP contribution in [0.1, 0.15) is 30.9 Å². The van der Waals surface area contributed by atoms with Gasteiger partial charge in [0.05, 0.1) is 10.0 Å². The average Bonchev–Trinajstić information content (AvgIpc) is 2.63. The fourth-order valence-corrected chi connectivity index (χ4v) is 3.52. The average molecular weight is 394 g/mol. The van der Waals surface area contributed by atoms with Crippen LogP contribution in [0.4, 0.5) is 0 Å². The molecule has 2 aromatic rings. The fraction of sp³-hybridized carbons (Fsp3) is 0.350. The number of hydrogen-bond acceptors (Lipinski definition) is 2. The van der Waals surface area contributed by atoms with Crippen molar-refractivity contribution in [2.75, 3.05) is 13.1 Å². The summed E-state index contributed by atoms with van der Waals surface area (Å²) in [6.45, 7) is 4.86. The van der Waals surface area contributed by atoms with Crippen molar-refractivity contribution in [2.24, 2.45) is 5.92 Å². The van der Waals surface area contributed by atoms with E-state index in [1.54, 1.807) is 6.07 Å². The lowest BCUT2D eigenvalue weighted by Gasteiger charge is -2.32. The van der Waals surface area contributed by atoms with E-state index in [4.69, 9.17) is 40.2 Å². The summed E-state index contributed by atoms with van der Waals surface area (Å²) in [5, 5.41) is 1.09. The molecule has 1 saturated heterocycles. The Morgan fingerprint density at radius 3 is 2.40 bits per heavy atom. The standard InChI is InChI=1S/C20H21Cl2NOS/c1-14-8-10-23(11-9-14)20(25)16-3-5-17(6-4-16)24-13-15-2-7-18(21)19(22)12-15/h2-7,12,14H,8-11,13H2,1H3. The van der Waals surface area contributed by atoms with Gasteiger partial charge in [0.1, 0.15) is 17.3 Å². The highest BCUT2D eigenvalue weighted by Crippen LogP contribution is 2.24. The summed E-state index contributed by atoms with van der Waals surface area (Å²) >= 11 is 17.6. The molecule has 0 amide bonds. The molecule has 5 heteroatoms. The molecule has 0 bridgehead atoms. The molecule has 0 unspecified atom stereocenters. The largest absolute Gasteiger partial charge is 0.489 e. The summed E-state index contributed by atoms with van der Waals surface area (Å²) in [6, 6.07) is 13.5. The van der Waals surface area contributed by atoms with Crippen LogP contribution in [0.5, 0.6) is 5.75 Å². The van der Waals surface area contributed by atoms with E-state index in [1.165, 1.54) is 12.8 Å². The minimum atomic E-state index is 0.449. The maximum absolute atomic E-state index is 6.03. The molecule has 0 aromatic heterocycles. The maximum atomic E-state index is 6.03. The lowest BCUT2D eigenvalue weighted by atomic mass is 9.99. The topological polar surface area (TPSA) is 12.5 Å². The van der Waals surface area contributed by atoms with Gasteiger partial charge in [-0.3, -0.25) is 0 Å². The van der Waals surface area contributed by atoms with Gasteiger partial charge < -0.3 is 9.64 Å². The molecule has 0 atom stereocenters. The first-order valence-corrected chi connectivity index (χ1v) is 9.65. The second-order valence-electron chi connectivity index (χ2n) is 6.54. The number of nitrogens with zero attached hydrogens (tertiary/aromatic N) is 1. The molecule has 3 rings (SSSR count). The molecule has 1 aliphatic heterocycles. The molecule has 1 heterocycles. The summed E-state index contributed by atoms with van der Waals surface area (Å²) in [6.07, 6.45) is 2.43. The van der Waals surface area contributed by atoms with Gasteiger partial charge in [0, 0.05) is 18.7 Å². The van der Waals surface area contributed by atoms with Crippen LogP contribution in [0.3, 0.4) is 0 Å². The Balaban J connectivity index is 1.58. The van der Waals surface area contributed by atoms with Crippen LogP contribution >= 0.6 is 35.4 Å². The Hall–Kier alpha value is -1.29. The molecule has 0 N–H and O–H groups in total. The normalized spacial score (nSPS) is 15.2. The number of hydrogen-bond donors (Lipinski definition) is 0. The van der Waals surface area contributed by atoms with E-state index in [0.717, 1.165) is 40.9 Å². The number of benzene rings is 2. The molecule has 25 heavy (non-hydrogen) atoms. The van der Waals surface area contributed by atoms with Crippen molar-refractivity contribution in [3.8, 4) is 5.75 Å². The molecule has 1 aliphatic rings.